The maximum atomic E-state index is 12.8. The molecule has 0 aromatic carbocycles. The first-order chi connectivity index (χ1) is 12.4. The Bertz CT molecular complexity index is 865. The fraction of sp³-hybridized carbons (Fsp3) is 0.706. The average molecular weight is 380 g/mol. The van der Waals surface area contributed by atoms with Gasteiger partial charge in [0, 0.05) is 38.2 Å². The Balaban J connectivity index is 1.43. The van der Waals surface area contributed by atoms with Crippen molar-refractivity contribution in [2.45, 2.75) is 49.8 Å². The zero-order valence-electron chi connectivity index (χ0n) is 14.9. The van der Waals surface area contributed by atoms with Gasteiger partial charge in [-0.15, -0.1) is 0 Å². The highest BCUT2D eigenvalue weighted by atomic mass is 32.2. The number of nitrogens with zero attached hydrogens (tertiary/aromatic N) is 4. The van der Waals surface area contributed by atoms with Gasteiger partial charge in [-0.25, -0.2) is 13.1 Å². The number of piperazine rings is 1. The number of amides is 1. The highest BCUT2D eigenvalue weighted by Gasteiger charge is 2.41. The molecule has 9 heteroatoms. The fourth-order valence-electron chi connectivity index (χ4n) is 3.42. The smallest absolute Gasteiger partial charge is 0.267 e. The molecule has 8 nitrogen and oxygen atoms in total. The topological polar surface area (TPSA) is 92.6 Å². The van der Waals surface area contributed by atoms with Crippen LogP contribution in [0.25, 0.3) is 0 Å². The molecule has 0 radical (unpaired) electrons. The molecule has 26 heavy (non-hydrogen) atoms. The zero-order valence-corrected chi connectivity index (χ0v) is 15.7. The van der Waals surface area contributed by atoms with Crippen LogP contribution in [0.4, 0.5) is 0 Å². The van der Waals surface area contributed by atoms with Crippen molar-refractivity contribution in [1.82, 2.24) is 19.0 Å². The van der Waals surface area contributed by atoms with E-state index in [1.807, 2.05) is 0 Å². The van der Waals surface area contributed by atoms with Crippen molar-refractivity contribution in [3.8, 4) is 0 Å². The third kappa shape index (κ3) is 3.29. The number of carbonyl (C=O) groups is 1. The molecule has 0 bridgehead atoms. The van der Waals surface area contributed by atoms with E-state index in [1.165, 1.54) is 15.1 Å². The van der Waals surface area contributed by atoms with Crippen molar-refractivity contribution in [3.05, 3.63) is 28.2 Å². The SMILES string of the molecule is C[C@H](C(=O)N1CCN(S(=O)(=O)C2CC2)CC1)n1nc(C2CC2)ccc1=O. The Kier molecular flexibility index (Phi) is 4.38. The van der Waals surface area contributed by atoms with Gasteiger partial charge in [0.2, 0.25) is 15.9 Å². The van der Waals surface area contributed by atoms with Crippen LogP contribution >= 0.6 is 0 Å². The summed E-state index contributed by atoms with van der Waals surface area (Å²) in [4.78, 5) is 26.6. The zero-order chi connectivity index (χ0) is 18.5. The number of sulfonamides is 1. The molecule has 1 amide bonds. The molecule has 1 aromatic rings. The van der Waals surface area contributed by atoms with Gasteiger partial charge < -0.3 is 4.90 Å². The number of aromatic nitrogens is 2. The Morgan fingerprint density at radius 2 is 1.77 bits per heavy atom. The Labute approximate surface area is 152 Å². The van der Waals surface area contributed by atoms with E-state index in [1.54, 1.807) is 17.9 Å². The molecule has 1 atom stereocenters. The van der Waals surface area contributed by atoms with Gasteiger partial charge in [0.15, 0.2) is 0 Å². The minimum absolute atomic E-state index is 0.184. The summed E-state index contributed by atoms with van der Waals surface area (Å²) in [5, 5.41) is 4.16. The molecule has 142 valence electrons. The van der Waals surface area contributed by atoms with Crippen molar-refractivity contribution in [3.63, 3.8) is 0 Å². The summed E-state index contributed by atoms with van der Waals surface area (Å²) in [5.74, 6) is 0.219. The molecule has 4 rings (SSSR count). The monoisotopic (exact) mass is 380 g/mol. The second kappa shape index (κ2) is 6.45. The summed E-state index contributed by atoms with van der Waals surface area (Å²) < 4.78 is 27.4. The molecule has 0 spiro atoms. The lowest BCUT2D eigenvalue weighted by molar-refractivity contribution is -0.135. The normalized spacial score (nSPS) is 23.0. The molecule has 3 aliphatic rings. The van der Waals surface area contributed by atoms with Crippen LogP contribution < -0.4 is 5.56 Å². The van der Waals surface area contributed by atoms with Crippen molar-refractivity contribution < 1.29 is 13.2 Å². The van der Waals surface area contributed by atoms with Gasteiger partial charge in [-0.3, -0.25) is 9.59 Å². The van der Waals surface area contributed by atoms with Crippen molar-refractivity contribution in [2.75, 3.05) is 26.2 Å². The summed E-state index contributed by atoms with van der Waals surface area (Å²) in [5.41, 5.74) is 0.579. The van der Waals surface area contributed by atoms with Crippen molar-refractivity contribution in [2.24, 2.45) is 0 Å². The molecular weight excluding hydrogens is 356 g/mol. The Morgan fingerprint density at radius 1 is 1.12 bits per heavy atom. The van der Waals surface area contributed by atoms with E-state index in [-0.39, 0.29) is 16.7 Å². The van der Waals surface area contributed by atoms with Crippen LogP contribution in [0.1, 0.15) is 50.3 Å². The van der Waals surface area contributed by atoms with E-state index >= 15 is 0 Å². The molecule has 1 aliphatic heterocycles. The lowest BCUT2D eigenvalue weighted by Gasteiger charge is -2.35. The second-order valence-corrected chi connectivity index (χ2v) is 9.67. The highest BCUT2D eigenvalue weighted by molar-refractivity contribution is 7.90. The third-order valence-electron chi connectivity index (χ3n) is 5.42. The van der Waals surface area contributed by atoms with Gasteiger partial charge in [0.05, 0.1) is 10.9 Å². The summed E-state index contributed by atoms with van der Waals surface area (Å²) >= 11 is 0. The predicted molar refractivity (Wildman–Crippen MR) is 95.3 cm³/mol. The van der Waals surface area contributed by atoms with Crippen LogP contribution in [-0.2, 0) is 14.8 Å². The van der Waals surface area contributed by atoms with Gasteiger partial charge in [-0.1, -0.05) is 0 Å². The van der Waals surface area contributed by atoms with Gasteiger partial charge in [-0.05, 0) is 38.7 Å². The molecular formula is C17H24N4O4S. The number of hydrogen-bond acceptors (Lipinski definition) is 5. The molecule has 2 saturated carbocycles. The lowest BCUT2D eigenvalue weighted by atomic mass is 10.2. The van der Waals surface area contributed by atoms with Gasteiger partial charge in [-0.2, -0.15) is 9.40 Å². The Morgan fingerprint density at radius 3 is 2.35 bits per heavy atom. The van der Waals surface area contributed by atoms with Crippen molar-refractivity contribution >= 4 is 15.9 Å². The average Bonchev–Trinajstić information content (AvgIpc) is 3.52. The largest absolute Gasteiger partial charge is 0.338 e. The lowest BCUT2D eigenvalue weighted by Crippen LogP contribution is -2.53. The maximum Gasteiger partial charge on any atom is 0.267 e. The van der Waals surface area contributed by atoms with Crippen LogP contribution in [0.5, 0.6) is 0 Å². The van der Waals surface area contributed by atoms with Gasteiger partial charge in [0.25, 0.3) is 5.56 Å². The minimum atomic E-state index is -3.20. The number of carbonyl (C=O) groups excluding carboxylic acids is 1. The van der Waals surface area contributed by atoms with E-state index in [4.69, 9.17) is 0 Å². The van der Waals surface area contributed by atoms with Crippen LogP contribution in [0.2, 0.25) is 0 Å². The molecule has 2 aliphatic carbocycles. The molecule has 2 heterocycles. The molecule has 0 unspecified atom stereocenters. The van der Waals surface area contributed by atoms with E-state index in [0.717, 1.165) is 31.4 Å². The van der Waals surface area contributed by atoms with E-state index < -0.39 is 16.1 Å². The highest BCUT2D eigenvalue weighted by Crippen LogP contribution is 2.38. The first kappa shape index (κ1) is 17.7. The predicted octanol–water partition coefficient (Wildman–Crippen LogP) is 0.318. The summed E-state index contributed by atoms with van der Waals surface area (Å²) in [6, 6.07) is 2.53. The molecule has 1 aromatic heterocycles. The van der Waals surface area contributed by atoms with Crippen LogP contribution in [0.3, 0.4) is 0 Å². The van der Waals surface area contributed by atoms with Crippen LogP contribution in [0, 0.1) is 0 Å². The Hall–Kier alpha value is -1.74. The van der Waals surface area contributed by atoms with Gasteiger partial charge in [0.1, 0.15) is 6.04 Å². The summed E-state index contributed by atoms with van der Waals surface area (Å²) in [6.45, 7) is 3.03. The first-order valence-corrected chi connectivity index (χ1v) is 10.8. The van der Waals surface area contributed by atoms with E-state index in [2.05, 4.69) is 5.10 Å². The van der Waals surface area contributed by atoms with Crippen LogP contribution in [0.15, 0.2) is 16.9 Å². The number of hydrogen-bond donors (Lipinski definition) is 0. The quantitative estimate of drug-likeness (QED) is 0.733. The first-order valence-electron chi connectivity index (χ1n) is 9.25. The summed E-state index contributed by atoms with van der Waals surface area (Å²) in [6.07, 6.45) is 3.63. The van der Waals surface area contributed by atoms with Crippen LogP contribution in [-0.4, -0.2) is 64.7 Å². The molecule has 0 N–H and O–H groups in total. The van der Waals surface area contributed by atoms with Gasteiger partial charge >= 0.3 is 0 Å². The fourth-order valence-corrected chi connectivity index (χ4v) is 5.25. The summed E-state index contributed by atoms with van der Waals surface area (Å²) in [7, 11) is -3.20. The number of rotatable bonds is 5. The molecule has 1 saturated heterocycles. The van der Waals surface area contributed by atoms with E-state index in [9.17, 15) is 18.0 Å². The standard InChI is InChI=1S/C17H24N4O4S/c1-12(21-16(22)7-6-15(18-21)13-2-3-13)17(23)19-8-10-20(11-9-19)26(24,25)14-4-5-14/h6-7,12-14H,2-5,8-11H2,1H3/t12-/m1/s1. The maximum absolute atomic E-state index is 12.8. The van der Waals surface area contributed by atoms with Crippen molar-refractivity contribution in [1.29, 1.82) is 0 Å². The second-order valence-electron chi connectivity index (χ2n) is 7.46. The molecule has 3 fully saturated rings. The van der Waals surface area contributed by atoms with E-state index in [0.29, 0.717) is 32.1 Å². The third-order valence-corrected chi connectivity index (χ3v) is 7.82. The minimum Gasteiger partial charge on any atom is -0.338 e.